The van der Waals surface area contributed by atoms with Crippen LogP contribution in [0.25, 0.3) is 10.6 Å². The maximum atomic E-state index is 11.4. The second kappa shape index (κ2) is 7.98. The van der Waals surface area contributed by atoms with Crippen molar-refractivity contribution in [2.45, 2.75) is 13.8 Å². The van der Waals surface area contributed by atoms with Crippen LogP contribution in [0.3, 0.4) is 0 Å². The van der Waals surface area contributed by atoms with Crippen LogP contribution in [-0.2, 0) is 4.74 Å². The Kier molecular flexibility index (Phi) is 5.98. The Labute approximate surface area is 151 Å². The predicted molar refractivity (Wildman–Crippen MR) is 96.0 cm³/mol. The zero-order valence-electron chi connectivity index (χ0n) is 14.7. The van der Waals surface area contributed by atoms with Gasteiger partial charge in [-0.05, 0) is 42.7 Å². The molecule has 0 atom stereocenters. The van der Waals surface area contributed by atoms with Crippen molar-refractivity contribution in [3.63, 3.8) is 0 Å². The van der Waals surface area contributed by atoms with Crippen LogP contribution in [-0.4, -0.2) is 37.3 Å². The molecule has 0 saturated carbocycles. The van der Waals surface area contributed by atoms with Gasteiger partial charge in [0, 0.05) is 0 Å². The first-order valence-corrected chi connectivity index (χ1v) is 7.80. The molecule has 0 amide bonds. The lowest BCUT2D eigenvalue weighted by molar-refractivity contribution is 0.0593. The zero-order valence-corrected chi connectivity index (χ0v) is 15.5. The van der Waals surface area contributed by atoms with Crippen LogP contribution in [0.15, 0.2) is 24.5 Å². The molecule has 0 aliphatic heterocycles. The molecule has 6 nitrogen and oxygen atoms in total. The second-order valence-corrected chi connectivity index (χ2v) is 5.62. The molecule has 0 N–H and O–H groups in total. The molecule has 7 heteroatoms. The monoisotopic (exact) mass is 362 g/mol. The number of benzene rings is 1. The Hall–Kier alpha value is -2.60. The minimum Gasteiger partial charge on any atom is -0.493 e. The highest BCUT2D eigenvalue weighted by atomic mass is 35.5. The molecule has 25 heavy (non-hydrogen) atoms. The van der Waals surface area contributed by atoms with E-state index in [1.807, 2.05) is 19.9 Å². The van der Waals surface area contributed by atoms with Crippen molar-refractivity contribution in [1.29, 1.82) is 0 Å². The Bertz CT molecular complexity index is 817. The summed E-state index contributed by atoms with van der Waals surface area (Å²) in [7, 11) is 4.45. The number of esters is 1. The number of ether oxygens (including phenoxy) is 3. The van der Waals surface area contributed by atoms with Gasteiger partial charge in [0.05, 0.1) is 44.4 Å². The number of allylic oxidation sites excluding steroid dienone is 1. The summed E-state index contributed by atoms with van der Waals surface area (Å²) in [4.78, 5) is 19.7. The molecule has 1 heterocycles. The summed E-state index contributed by atoms with van der Waals surface area (Å²) >= 11 is 6.54. The van der Waals surface area contributed by atoms with Gasteiger partial charge in [-0.1, -0.05) is 11.6 Å². The molecule has 0 fully saturated rings. The van der Waals surface area contributed by atoms with E-state index >= 15 is 0 Å². The lowest BCUT2D eigenvalue weighted by atomic mass is 10.1. The van der Waals surface area contributed by atoms with Crippen LogP contribution >= 0.6 is 11.6 Å². The van der Waals surface area contributed by atoms with Crippen LogP contribution in [0, 0.1) is 6.92 Å². The highest BCUT2D eigenvalue weighted by molar-refractivity contribution is 6.52. The fourth-order valence-corrected chi connectivity index (χ4v) is 2.55. The number of carbonyl (C=O) groups is 1. The lowest BCUT2D eigenvalue weighted by Gasteiger charge is -2.13. The molecule has 2 aromatic rings. The van der Waals surface area contributed by atoms with Gasteiger partial charge in [0.25, 0.3) is 0 Å². The molecule has 2 rings (SSSR count). The maximum absolute atomic E-state index is 11.4. The molecule has 132 valence electrons. The summed E-state index contributed by atoms with van der Waals surface area (Å²) in [6.07, 6.45) is 2.84. The number of hydrogen-bond donors (Lipinski definition) is 0. The Morgan fingerprint density at radius 3 is 2.20 bits per heavy atom. The quantitative estimate of drug-likeness (QED) is 0.755. The average Bonchev–Trinajstić information content (AvgIpc) is 2.65. The fraction of sp³-hybridized carbons (Fsp3) is 0.278. The van der Waals surface area contributed by atoms with Crippen molar-refractivity contribution in [1.82, 2.24) is 9.97 Å². The normalized spacial score (nSPS) is 11.6. The third-order valence-corrected chi connectivity index (χ3v) is 4.18. The first-order chi connectivity index (χ1) is 11.9. The lowest BCUT2D eigenvalue weighted by Crippen LogP contribution is -2.05. The summed E-state index contributed by atoms with van der Waals surface area (Å²) in [5, 5.41) is 0.504. The first-order valence-electron chi connectivity index (χ1n) is 7.43. The van der Waals surface area contributed by atoms with E-state index < -0.39 is 5.97 Å². The van der Waals surface area contributed by atoms with Crippen LogP contribution in [0.5, 0.6) is 11.5 Å². The SMILES string of the molecule is COC(=O)c1cnc(/C(C)=C(\Cl)c2cc(C)c(OC)c(OC)c2)cn1. The van der Waals surface area contributed by atoms with Crippen molar-refractivity contribution in [2.75, 3.05) is 21.3 Å². The third-order valence-electron chi connectivity index (χ3n) is 3.68. The molecule has 1 aromatic heterocycles. The minimum absolute atomic E-state index is 0.136. The van der Waals surface area contributed by atoms with E-state index in [1.54, 1.807) is 20.3 Å². The molecule has 0 bridgehead atoms. The van der Waals surface area contributed by atoms with E-state index in [-0.39, 0.29) is 5.69 Å². The number of hydrogen-bond acceptors (Lipinski definition) is 6. The minimum atomic E-state index is -0.540. The van der Waals surface area contributed by atoms with Crippen molar-refractivity contribution in [3.05, 3.63) is 47.0 Å². The van der Waals surface area contributed by atoms with Crippen molar-refractivity contribution in [3.8, 4) is 11.5 Å². The third kappa shape index (κ3) is 3.91. The van der Waals surface area contributed by atoms with E-state index in [9.17, 15) is 4.79 Å². The van der Waals surface area contributed by atoms with Gasteiger partial charge < -0.3 is 14.2 Å². The van der Waals surface area contributed by atoms with Crippen LogP contribution < -0.4 is 9.47 Å². The van der Waals surface area contributed by atoms with Crippen LogP contribution in [0.2, 0.25) is 0 Å². The Balaban J connectivity index is 2.45. The van der Waals surface area contributed by atoms with Crippen LogP contribution in [0.4, 0.5) is 0 Å². The second-order valence-electron chi connectivity index (χ2n) is 5.25. The predicted octanol–water partition coefficient (Wildman–Crippen LogP) is 3.72. The number of methoxy groups -OCH3 is 3. The highest BCUT2D eigenvalue weighted by Crippen LogP contribution is 2.37. The molecule has 0 radical (unpaired) electrons. The van der Waals surface area contributed by atoms with Gasteiger partial charge in [-0.15, -0.1) is 0 Å². The molecular weight excluding hydrogens is 344 g/mol. The average molecular weight is 363 g/mol. The summed E-state index contributed by atoms with van der Waals surface area (Å²) in [5.41, 5.74) is 3.09. The fourth-order valence-electron chi connectivity index (χ4n) is 2.34. The van der Waals surface area contributed by atoms with Gasteiger partial charge in [0.15, 0.2) is 17.2 Å². The molecule has 0 aliphatic carbocycles. The highest BCUT2D eigenvalue weighted by Gasteiger charge is 2.14. The molecule has 0 aliphatic rings. The van der Waals surface area contributed by atoms with Gasteiger partial charge in [-0.3, -0.25) is 4.98 Å². The molecule has 0 unspecified atom stereocenters. The number of rotatable bonds is 5. The van der Waals surface area contributed by atoms with Crippen molar-refractivity contribution < 1.29 is 19.0 Å². The smallest absolute Gasteiger partial charge is 0.358 e. The largest absolute Gasteiger partial charge is 0.493 e. The standard InChI is InChI=1S/C18H19ClN2O4/c1-10-6-12(7-15(23-3)17(10)24-4)16(19)11(2)13-8-21-14(9-20-13)18(22)25-5/h6-9H,1-5H3/b16-11-. The summed E-state index contributed by atoms with van der Waals surface area (Å²) in [6, 6.07) is 3.71. The van der Waals surface area contributed by atoms with Crippen molar-refractivity contribution >= 4 is 28.2 Å². The summed E-state index contributed by atoms with van der Waals surface area (Å²) < 4.78 is 15.3. The van der Waals surface area contributed by atoms with Gasteiger partial charge in [0.2, 0.25) is 0 Å². The van der Waals surface area contributed by atoms with E-state index in [0.717, 1.165) is 16.7 Å². The molecular formula is C18H19ClN2O4. The van der Waals surface area contributed by atoms with E-state index in [0.29, 0.717) is 22.2 Å². The van der Waals surface area contributed by atoms with Gasteiger partial charge in [0.1, 0.15) is 0 Å². The van der Waals surface area contributed by atoms with Gasteiger partial charge in [-0.25, -0.2) is 9.78 Å². The number of halogens is 1. The van der Waals surface area contributed by atoms with Crippen LogP contribution in [0.1, 0.15) is 34.2 Å². The topological polar surface area (TPSA) is 70.5 Å². The van der Waals surface area contributed by atoms with Gasteiger partial charge in [-0.2, -0.15) is 0 Å². The zero-order chi connectivity index (χ0) is 18.6. The van der Waals surface area contributed by atoms with E-state index in [2.05, 4.69) is 14.7 Å². The van der Waals surface area contributed by atoms with Crippen molar-refractivity contribution in [2.24, 2.45) is 0 Å². The number of aromatic nitrogens is 2. The molecule has 1 aromatic carbocycles. The summed E-state index contributed by atoms with van der Waals surface area (Å²) in [6.45, 7) is 3.74. The Morgan fingerprint density at radius 1 is 1.04 bits per heavy atom. The Morgan fingerprint density at radius 2 is 1.68 bits per heavy atom. The number of aryl methyl sites for hydroxylation is 1. The number of carbonyl (C=O) groups excluding carboxylic acids is 1. The molecule has 0 saturated heterocycles. The van der Waals surface area contributed by atoms with E-state index in [4.69, 9.17) is 21.1 Å². The molecule has 0 spiro atoms. The van der Waals surface area contributed by atoms with E-state index in [1.165, 1.54) is 19.5 Å². The maximum Gasteiger partial charge on any atom is 0.358 e. The van der Waals surface area contributed by atoms with Gasteiger partial charge >= 0.3 is 5.97 Å². The first kappa shape index (κ1) is 18.7. The number of nitrogens with zero attached hydrogens (tertiary/aromatic N) is 2. The summed E-state index contributed by atoms with van der Waals surface area (Å²) in [5.74, 6) is 0.716.